The predicted molar refractivity (Wildman–Crippen MR) is 79.6 cm³/mol. The number of para-hydroxylation sites is 1. The minimum Gasteiger partial charge on any atom is -0.398 e. The van der Waals surface area contributed by atoms with Crippen molar-refractivity contribution >= 4 is 5.69 Å². The van der Waals surface area contributed by atoms with Crippen molar-refractivity contribution in [2.24, 2.45) is 0 Å². The van der Waals surface area contributed by atoms with Crippen molar-refractivity contribution < 1.29 is 0 Å². The first-order valence-electron chi connectivity index (χ1n) is 7.04. The summed E-state index contributed by atoms with van der Waals surface area (Å²) in [5, 5.41) is 3.45. The number of hydrogen-bond acceptors (Lipinski definition) is 3. The second kappa shape index (κ2) is 8.95. The smallest absolute Gasteiger partial charge is 0.0359 e. The Kier molecular flexibility index (Phi) is 7.46. The average Bonchev–Trinajstić information content (AvgIpc) is 2.40. The zero-order valence-corrected chi connectivity index (χ0v) is 11.8. The van der Waals surface area contributed by atoms with E-state index in [2.05, 4.69) is 30.1 Å². The molecule has 0 aliphatic heterocycles. The molecular weight excluding hydrogens is 222 g/mol. The highest BCUT2D eigenvalue weighted by atomic mass is 15.1. The van der Waals surface area contributed by atoms with Crippen LogP contribution in [0.3, 0.4) is 0 Å². The maximum absolute atomic E-state index is 5.89. The van der Waals surface area contributed by atoms with Crippen LogP contribution in [0.5, 0.6) is 0 Å². The molecule has 0 spiro atoms. The molecule has 1 aromatic carbocycles. The van der Waals surface area contributed by atoms with E-state index in [4.69, 9.17) is 5.73 Å². The summed E-state index contributed by atoms with van der Waals surface area (Å²) in [5.74, 6) is 0. The fourth-order valence-corrected chi connectivity index (χ4v) is 2.04. The Labute approximate surface area is 111 Å². The molecule has 0 saturated carbocycles. The van der Waals surface area contributed by atoms with Gasteiger partial charge in [-0.2, -0.15) is 0 Å². The van der Waals surface area contributed by atoms with Gasteiger partial charge in [0.2, 0.25) is 0 Å². The average molecular weight is 249 g/mol. The highest BCUT2D eigenvalue weighted by molar-refractivity contribution is 5.46. The maximum Gasteiger partial charge on any atom is 0.0359 e. The van der Waals surface area contributed by atoms with E-state index in [1.165, 1.54) is 24.9 Å². The van der Waals surface area contributed by atoms with E-state index in [-0.39, 0.29) is 0 Å². The topological polar surface area (TPSA) is 41.3 Å². The third kappa shape index (κ3) is 5.52. The monoisotopic (exact) mass is 249 g/mol. The lowest BCUT2D eigenvalue weighted by atomic mass is 10.2. The van der Waals surface area contributed by atoms with E-state index >= 15 is 0 Å². The molecule has 18 heavy (non-hydrogen) atoms. The van der Waals surface area contributed by atoms with Crippen LogP contribution in [0.1, 0.15) is 32.3 Å². The van der Waals surface area contributed by atoms with Gasteiger partial charge < -0.3 is 16.0 Å². The first-order chi connectivity index (χ1) is 8.77. The summed E-state index contributed by atoms with van der Waals surface area (Å²) in [6.45, 7) is 9.91. The van der Waals surface area contributed by atoms with Crippen molar-refractivity contribution in [2.45, 2.75) is 33.2 Å². The lowest BCUT2D eigenvalue weighted by Gasteiger charge is -2.17. The van der Waals surface area contributed by atoms with Crippen LogP contribution in [0.15, 0.2) is 24.3 Å². The molecule has 3 heteroatoms. The number of nitrogens with one attached hydrogen (secondary N) is 1. The number of unbranched alkanes of at least 4 members (excludes halogenated alkanes) is 1. The molecule has 0 saturated heterocycles. The maximum atomic E-state index is 5.89. The summed E-state index contributed by atoms with van der Waals surface area (Å²) < 4.78 is 0. The SMILES string of the molecule is CCN(CC)CCCCNCc1ccccc1N. The van der Waals surface area contributed by atoms with Crippen LogP contribution in [0.4, 0.5) is 5.69 Å². The molecule has 0 aliphatic carbocycles. The normalized spacial score (nSPS) is 11.1. The van der Waals surface area contributed by atoms with Gasteiger partial charge in [-0.15, -0.1) is 0 Å². The minimum absolute atomic E-state index is 0.873. The van der Waals surface area contributed by atoms with E-state index < -0.39 is 0 Å². The lowest BCUT2D eigenvalue weighted by molar-refractivity contribution is 0.296. The molecule has 0 aromatic heterocycles. The van der Waals surface area contributed by atoms with Gasteiger partial charge in [-0.05, 0) is 50.7 Å². The molecule has 3 nitrogen and oxygen atoms in total. The largest absolute Gasteiger partial charge is 0.398 e. The fourth-order valence-electron chi connectivity index (χ4n) is 2.04. The molecule has 3 N–H and O–H groups in total. The standard InChI is InChI=1S/C15H27N3/c1-3-18(4-2)12-8-7-11-17-13-14-9-5-6-10-15(14)16/h5-6,9-10,17H,3-4,7-8,11-13,16H2,1-2H3. The van der Waals surface area contributed by atoms with Gasteiger partial charge in [0.1, 0.15) is 0 Å². The van der Waals surface area contributed by atoms with Crippen molar-refractivity contribution in [2.75, 3.05) is 31.9 Å². The van der Waals surface area contributed by atoms with Gasteiger partial charge in [0.05, 0.1) is 0 Å². The molecule has 0 atom stereocenters. The highest BCUT2D eigenvalue weighted by Gasteiger charge is 1.99. The molecule has 0 amide bonds. The highest BCUT2D eigenvalue weighted by Crippen LogP contribution is 2.09. The summed E-state index contributed by atoms with van der Waals surface area (Å²) in [5.41, 5.74) is 7.97. The number of benzene rings is 1. The molecule has 102 valence electrons. The number of anilines is 1. The summed E-state index contributed by atoms with van der Waals surface area (Å²) in [7, 11) is 0. The van der Waals surface area contributed by atoms with E-state index in [1.807, 2.05) is 18.2 Å². The molecule has 1 rings (SSSR count). The van der Waals surface area contributed by atoms with Crippen molar-refractivity contribution in [3.63, 3.8) is 0 Å². The van der Waals surface area contributed by atoms with Crippen LogP contribution in [-0.4, -0.2) is 31.1 Å². The van der Waals surface area contributed by atoms with Crippen molar-refractivity contribution in [3.05, 3.63) is 29.8 Å². The fraction of sp³-hybridized carbons (Fsp3) is 0.600. The Bertz CT molecular complexity index is 321. The number of rotatable bonds is 9. The van der Waals surface area contributed by atoms with Gasteiger partial charge in [-0.3, -0.25) is 0 Å². The summed E-state index contributed by atoms with van der Waals surface area (Å²) in [4.78, 5) is 2.47. The summed E-state index contributed by atoms with van der Waals surface area (Å²) in [6.07, 6.45) is 2.49. The third-order valence-electron chi connectivity index (χ3n) is 3.34. The Morgan fingerprint density at radius 2 is 1.83 bits per heavy atom. The molecule has 0 radical (unpaired) electrons. The quantitative estimate of drug-likeness (QED) is 0.522. The number of nitrogens with zero attached hydrogens (tertiary/aromatic N) is 1. The van der Waals surface area contributed by atoms with Crippen LogP contribution < -0.4 is 11.1 Å². The first kappa shape index (κ1) is 15.0. The van der Waals surface area contributed by atoms with Gasteiger partial charge in [0.15, 0.2) is 0 Å². The van der Waals surface area contributed by atoms with E-state index in [0.717, 1.165) is 31.9 Å². The van der Waals surface area contributed by atoms with Crippen LogP contribution in [0.25, 0.3) is 0 Å². The zero-order chi connectivity index (χ0) is 13.2. The molecule has 1 aromatic rings. The van der Waals surface area contributed by atoms with E-state index in [1.54, 1.807) is 0 Å². The van der Waals surface area contributed by atoms with Gasteiger partial charge in [0, 0.05) is 12.2 Å². The Balaban J connectivity index is 2.07. The Morgan fingerprint density at radius 1 is 1.11 bits per heavy atom. The predicted octanol–water partition coefficient (Wildman–Crippen LogP) is 2.48. The minimum atomic E-state index is 0.873. The van der Waals surface area contributed by atoms with Gasteiger partial charge >= 0.3 is 0 Å². The molecular formula is C15H27N3. The van der Waals surface area contributed by atoms with Crippen molar-refractivity contribution in [3.8, 4) is 0 Å². The molecule has 0 fully saturated rings. The van der Waals surface area contributed by atoms with Gasteiger partial charge in [-0.1, -0.05) is 32.0 Å². The van der Waals surface area contributed by atoms with Gasteiger partial charge in [0.25, 0.3) is 0 Å². The van der Waals surface area contributed by atoms with E-state index in [9.17, 15) is 0 Å². The Hall–Kier alpha value is -1.06. The first-order valence-corrected chi connectivity index (χ1v) is 7.04. The number of nitrogen functional groups attached to an aromatic ring is 1. The lowest BCUT2D eigenvalue weighted by Crippen LogP contribution is -2.25. The van der Waals surface area contributed by atoms with Crippen LogP contribution in [0, 0.1) is 0 Å². The van der Waals surface area contributed by atoms with Crippen LogP contribution >= 0.6 is 0 Å². The zero-order valence-electron chi connectivity index (χ0n) is 11.8. The molecule has 0 aliphatic rings. The van der Waals surface area contributed by atoms with Crippen molar-refractivity contribution in [1.29, 1.82) is 0 Å². The second-order valence-corrected chi connectivity index (χ2v) is 4.61. The van der Waals surface area contributed by atoms with Crippen LogP contribution in [0.2, 0.25) is 0 Å². The van der Waals surface area contributed by atoms with E-state index in [0.29, 0.717) is 0 Å². The van der Waals surface area contributed by atoms with Gasteiger partial charge in [-0.25, -0.2) is 0 Å². The van der Waals surface area contributed by atoms with Crippen LogP contribution in [-0.2, 0) is 6.54 Å². The van der Waals surface area contributed by atoms with Crippen molar-refractivity contribution in [1.82, 2.24) is 10.2 Å². The Morgan fingerprint density at radius 3 is 2.50 bits per heavy atom. The summed E-state index contributed by atoms with van der Waals surface area (Å²) in [6, 6.07) is 8.05. The molecule has 0 heterocycles. The number of nitrogens with two attached hydrogens (primary N) is 1. The summed E-state index contributed by atoms with van der Waals surface area (Å²) >= 11 is 0. The second-order valence-electron chi connectivity index (χ2n) is 4.61. The third-order valence-corrected chi connectivity index (χ3v) is 3.34. The number of hydrogen-bond donors (Lipinski definition) is 2. The molecule has 0 unspecified atom stereocenters. The molecule has 0 bridgehead atoms.